The molecule has 0 spiro atoms. The molecule has 26 heavy (non-hydrogen) atoms. The van der Waals surface area contributed by atoms with Crippen LogP contribution in [0.2, 0.25) is 0 Å². The Morgan fingerprint density at radius 2 is 1.85 bits per heavy atom. The first-order valence-electron chi connectivity index (χ1n) is 8.29. The van der Waals surface area contributed by atoms with E-state index in [4.69, 9.17) is 20.3 Å². The summed E-state index contributed by atoms with van der Waals surface area (Å²) >= 11 is 0. The molecule has 2 aromatic carbocycles. The number of pyridine rings is 1. The summed E-state index contributed by atoms with van der Waals surface area (Å²) in [6.45, 7) is 1.16. The van der Waals surface area contributed by atoms with Crippen molar-refractivity contribution in [2.75, 3.05) is 26.4 Å². The van der Waals surface area contributed by atoms with Gasteiger partial charge in [-0.15, -0.1) is 0 Å². The third-order valence-corrected chi connectivity index (χ3v) is 3.91. The molecule has 0 aliphatic heterocycles. The zero-order valence-electron chi connectivity index (χ0n) is 14.2. The highest BCUT2D eigenvalue weighted by Crippen LogP contribution is 2.28. The lowest BCUT2D eigenvalue weighted by molar-refractivity contribution is 0.0705. The van der Waals surface area contributed by atoms with Crippen molar-refractivity contribution < 1.29 is 19.4 Å². The van der Waals surface area contributed by atoms with E-state index in [1.54, 1.807) is 18.3 Å². The Morgan fingerprint density at radius 3 is 2.58 bits per heavy atom. The minimum Gasteiger partial charge on any atom is -0.491 e. The van der Waals surface area contributed by atoms with Gasteiger partial charge in [0.2, 0.25) is 5.91 Å². The van der Waals surface area contributed by atoms with Crippen molar-refractivity contribution in [2.45, 2.75) is 0 Å². The van der Waals surface area contributed by atoms with Crippen LogP contribution in [0, 0.1) is 0 Å². The maximum atomic E-state index is 11.4. The number of ether oxygens (including phenoxy) is 2. The third kappa shape index (κ3) is 4.17. The van der Waals surface area contributed by atoms with Gasteiger partial charge in [-0.25, -0.2) is 0 Å². The average Bonchev–Trinajstić information content (AvgIpc) is 2.67. The average molecular weight is 352 g/mol. The van der Waals surface area contributed by atoms with Gasteiger partial charge in [-0.1, -0.05) is 6.07 Å². The summed E-state index contributed by atoms with van der Waals surface area (Å²) in [6, 6.07) is 14.8. The van der Waals surface area contributed by atoms with E-state index in [9.17, 15) is 4.79 Å². The maximum Gasteiger partial charge on any atom is 0.248 e. The van der Waals surface area contributed by atoms with Crippen molar-refractivity contribution in [3.05, 3.63) is 60.3 Å². The molecule has 1 aromatic heterocycles. The van der Waals surface area contributed by atoms with Crippen LogP contribution in [0.1, 0.15) is 10.4 Å². The van der Waals surface area contributed by atoms with E-state index in [1.165, 1.54) is 0 Å². The molecule has 3 aromatic rings. The van der Waals surface area contributed by atoms with Gasteiger partial charge in [0.25, 0.3) is 0 Å². The molecule has 6 heteroatoms. The van der Waals surface area contributed by atoms with E-state index in [0.29, 0.717) is 25.4 Å². The first-order valence-corrected chi connectivity index (χ1v) is 8.29. The van der Waals surface area contributed by atoms with Crippen LogP contribution < -0.4 is 10.5 Å². The summed E-state index contributed by atoms with van der Waals surface area (Å²) < 4.78 is 10.7. The number of carbonyl (C=O) groups excluding carboxylic acids is 1. The number of nitrogens with two attached hydrogens (primary N) is 1. The summed E-state index contributed by atoms with van der Waals surface area (Å²) in [5.74, 6) is 0.285. The van der Waals surface area contributed by atoms with E-state index in [0.717, 1.165) is 27.8 Å². The van der Waals surface area contributed by atoms with Crippen LogP contribution >= 0.6 is 0 Å². The number of hydrogen-bond donors (Lipinski definition) is 2. The van der Waals surface area contributed by atoms with Gasteiger partial charge >= 0.3 is 0 Å². The number of benzene rings is 2. The number of carbonyl (C=O) groups is 1. The normalized spacial score (nSPS) is 10.8. The summed E-state index contributed by atoms with van der Waals surface area (Å²) in [4.78, 5) is 15.8. The molecule has 0 aliphatic carbocycles. The number of nitrogens with zero attached hydrogens (tertiary/aromatic N) is 1. The second-order valence-corrected chi connectivity index (χ2v) is 5.67. The van der Waals surface area contributed by atoms with E-state index < -0.39 is 5.91 Å². The Balaban J connectivity index is 1.77. The largest absolute Gasteiger partial charge is 0.491 e. The van der Waals surface area contributed by atoms with Crippen LogP contribution in [0.4, 0.5) is 0 Å². The Morgan fingerprint density at radius 1 is 1.04 bits per heavy atom. The Labute approximate surface area is 151 Å². The van der Waals surface area contributed by atoms with E-state index in [-0.39, 0.29) is 6.61 Å². The summed E-state index contributed by atoms with van der Waals surface area (Å²) in [5, 5.41) is 10.5. The quantitative estimate of drug-likeness (QED) is 0.607. The van der Waals surface area contributed by atoms with Crippen molar-refractivity contribution in [3.8, 4) is 17.0 Å². The molecule has 3 N–H and O–H groups in total. The molecule has 134 valence electrons. The lowest BCUT2D eigenvalue weighted by Crippen LogP contribution is -2.10. The molecule has 3 rings (SSSR count). The fourth-order valence-corrected chi connectivity index (χ4v) is 2.66. The number of aromatic nitrogens is 1. The third-order valence-electron chi connectivity index (χ3n) is 3.91. The number of aliphatic hydroxyl groups excluding tert-OH is 1. The highest BCUT2D eigenvalue weighted by molar-refractivity contribution is 6.01. The second kappa shape index (κ2) is 8.42. The van der Waals surface area contributed by atoms with Crippen LogP contribution in [0.15, 0.2) is 54.7 Å². The van der Waals surface area contributed by atoms with Gasteiger partial charge in [0.15, 0.2) is 0 Å². The van der Waals surface area contributed by atoms with E-state index >= 15 is 0 Å². The predicted molar refractivity (Wildman–Crippen MR) is 99.1 cm³/mol. The molecular formula is C20H20N2O4. The van der Waals surface area contributed by atoms with Crippen LogP contribution in [0.3, 0.4) is 0 Å². The molecule has 0 saturated heterocycles. The first-order chi connectivity index (χ1) is 12.7. The minimum atomic E-state index is -0.449. The summed E-state index contributed by atoms with van der Waals surface area (Å²) in [7, 11) is 0. The number of amides is 1. The summed E-state index contributed by atoms with van der Waals surface area (Å²) in [5.41, 5.74) is 7.60. The van der Waals surface area contributed by atoms with Gasteiger partial charge in [0.1, 0.15) is 12.4 Å². The molecule has 1 amide bonds. The standard InChI is InChI=1S/C20H20N2O4/c21-20(24)16-3-6-18-15(13-16)7-8-22-19(18)14-1-4-17(5-2-14)26-12-11-25-10-9-23/h1-8,13,23H,9-12H2,(H2,21,24). The van der Waals surface area contributed by atoms with Crippen molar-refractivity contribution >= 4 is 16.7 Å². The lowest BCUT2D eigenvalue weighted by atomic mass is 10.0. The highest BCUT2D eigenvalue weighted by atomic mass is 16.5. The fourth-order valence-electron chi connectivity index (χ4n) is 2.66. The Hall–Kier alpha value is -2.96. The lowest BCUT2D eigenvalue weighted by Gasteiger charge is -2.09. The van der Waals surface area contributed by atoms with Crippen LogP contribution in [0.25, 0.3) is 22.0 Å². The molecule has 0 atom stereocenters. The molecule has 0 fully saturated rings. The van der Waals surface area contributed by atoms with Gasteiger partial charge < -0.3 is 20.3 Å². The van der Waals surface area contributed by atoms with E-state index in [1.807, 2.05) is 36.4 Å². The van der Waals surface area contributed by atoms with Crippen molar-refractivity contribution in [1.29, 1.82) is 0 Å². The predicted octanol–water partition coefficient (Wildman–Crippen LogP) is 2.39. The molecule has 0 aliphatic rings. The number of primary amides is 1. The monoisotopic (exact) mass is 352 g/mol. The SMILES string of the molecule is NC(=O)c1ccc2c(-c3ccc(OCCOCCO)cc3)nccc2c1. The molecule has 0 saturated carbocycles. The molecular weight excluding hydrogens is 332 g/mol. The zero-order valence-corrected chi connectivity index (χ0v) is 14.2. The van der Waals surface area contributed by atoms with Crippen LogP contribution in [0.5, 0.6) is 5.75 Å². The smallest absolute Gasteiger partial charge is 0.248 e. The highest BCUT2D eigenvalue weighted by Gasteiger charge is 2.08. The summed E-state index contributed by atoms with van der Waals surface area (Å²) in [6.07, 6.45) is 1.71. The number of hydrogen-bond acceptors (Lipinski definition) is 5. The van der Waals surface area contributed by atoms with Crippen LogP contribution in [-0.4, -0.2) is 42.4 Å². The molecule has 6 nitrogen and oxygen atoms in total. The number of rotatable bonds is 8. The van der Waals surface area contributed by atoms with Crippen molar-refractivity contribution in [3.63, 3.8) is 0 Å². The topological polar surface area (TPSA) is 94.7 Å². The zero-order chi connectivity index (χ0) is 18.4. The van der Waals surface area contributed by atoms with Gasteiger partial charge in [0, 0.05) is 22.7 Å². The molecule has 0 bridgehead atoms. The fraction of sp³-hybridized carbons (Fsp3) is 0.200. The van der Waals surface area contributed by atoms with Crippen molar-refractivity contribution in [2.24, 2.45) is 5.73 Å². The number of fused-ring (bicyclic) bond motifs is 1. The second-order valence-electron chi connectivity index (χ2n) is 5.67. The van der Waals surface area contributed by atoms with Gasteiger partial charge in [-0.05, 0) is 47.9 Å². The Kier molecular flexibility index (Phi) is 5.78. The van der Waals surface area contributed by atoms with Crippen molar-refractivity contribution in [1.82, 2.24) is 4.98 Å². The number of aliphatic hydroxyl groups is 1. The molecule has 1 heterocycles. The van der Waals surface area contributed by atoms with Gasteiger partial charge in [-0.2, -0.15) is 0 Å². The Bertz CT molecular complexity index is 894. The molecule has 0 unspecified atom stereocenters. The first kappa shape index (κ1) is 17.8. The van der Waals surface area contributed by atoms with E-state index in [2.05, 4.69) is 4.98 Å². The maximum absolute atomic E-state index is 11.4. The van der Waals surface area contributed by atoms with Gasteiger partial charge in [-0.3, -0.25) is 9.78 Å². The van der Waals surface area contributed by atoms with Gasteiger partial charge in [0.05, 0.1) is 25.5 Å². The van der Waals surface area contributed by atoms with Crippen LogP contribution in [-0.2, 0) is 4.74 Å². The minimum absolute atomic E-state index is 0.00760. The molecule has 0 radical (unpaired) electrons.